The van der Waals surface area contributed by atoms with E-state index in [0.29, 0.717) is 25.9 Å². The monoisotopic (exact) mass is 389 g/mol. The van der Waals surface area contributed by atoms with Crippen LogP contribution in [0.4, 0.5) is 9.18 Å². The molecule has 0 bridgehead atoms. The molecule has 3 fully saturated rings. The maximum Gasteiger partial charge on any atom is 0.325 e. The Bertz CT molecular complexity index is 804. The van der Waals surface area contributed by atoms with E-state index in [4.69, 9.17) is 4.74 Å². The fraction of sp³-hybridized carbons (Fsp3) is 0.550. The molecule has 1 aromatic rings. The van der Waals surface area contributed by atoms with Crippen LogP contribution in [0.3, 0.4) is 0 Å². The topological polar surface area (TPSA) is 79.0 Å². The van der Waals surface area contributed by atoms with Crippen molar-refractivity contribution in [1.82, 2.24) is 15.1 Å². The van der Waals surface area contributed by atoms with Gasteiger partial charge in [0.05, 0.1) is 0 Å². The van der Waals surface area contributed by atoms with Gasteiger partial charge in [-0.15, -0.1) is 0 Å². The molecule has 0 aromatic heterocycles. The first-order valence-electron chi connectivity index (χ1n) is 9.71. The van der Waals surface area contributed by atoms with Gasteiger partial charge in [0.1, 0.15) is 18.2 Å². The number of carbonyl (C=O) groups excluding carboxylic acids is 3. The van der Waals surface area contributed by atoms with E-state index in [0.717, 1.165) is 17.7 Å². The number of halogens is 1. The SMILES string of the molecule is C[C@@]1(C2CC2)NC(=O)N(CC(=O)N2CCC(Oc3ccccc3F)CC2)C1=O. The van der Waals surface area contributed by atoms with Gasteiger partial charge in [-0.1, -0.05) is 12.1 Å². The molecule has 0 unspecified atom stereocenters. The molecule has 8 heteroatoms. The molecule has 4 amide bonds. The number of nitrogens with zero attached hydrogens (tertiary/aromatic N) is 2. The fourth-order valence-electron chi connectivity index (χ4n) is 3.97. The second kappa shape index (κ2) is 7.07. The van der Waals surface area contributed by atoms with Crippen LogP contribution in [0.1, 0.15) is 32.6 Å². The highest BCUT2D eigenvalue weighted by atomic mass is 19.1. The molecule has 2 heterocycles. The molecule has 1 N–H and O–H groups in total. The molecule has 1 aromatic carbocycles. The third-order valence-corrected chi connectivity index (χ3v) is 5.91. The lowest BCUT2D eigenvalue weighted by molar-refractivity contribution is -0.140. The number of piperidine rings is 1. The molecule has 1 aliphatic carbocycles. The first-order chi connectivity index (χ1) is 13.4. The summed E-state index contributed by atoms with van der Waals surface area (Å²) in [6, 6.07) is 5.76. The Balaban J connectivity index is 1.30. The zero-order valence-electron chi connectivity index (χ0n) is 15.8. The number of ether oxygens (including phenoxy) is 1. The van der Waals surface area contributed by atoms with Crippen LogP contribution in [-0.2, 0) is 9.59 Å². The van der Waals surface area contributed by atoms with E-state index in [-0.39, 0.29) is 36.1 Å². The van der Waals surface area contributed by atoms with E-state index >= 15 is 0 Å². The largest absolute Gasteiger partial charge is 0.487 e. The number of para-hydroxylation sites is 1. The van der Waals surface area contributed by atoms with Crippen LogP contribution in [0.2, 0.25) is 0 Å². The van der Waals surface area contributed by atoms with E-state index in [9.17, 15) is 18.8 Å². The summed E-state index contributed by atoms with van der Waals surface area (Å²) in [6.45, 7) is 2.38. The summed E-state index contributed by atoms with van der Waals surface area (Å²) in [6.07, 6.45) is 2.80. The molecule has 1 atom stereocenters. The maximum atomic E-state index is 13.7. The Morgan fingerprint density at radius 1 is 1.21 bits per heavy atom. The van der Waals surface area contributed by atoms with Crippen molar-refractivity contribution in [1.29, 1.82) is 0 Å². The smallest absolute Gasteiger partial charge is 0.325 e. The number of imide groups is 1. The summed E-state index contributed by atoms with van der Waals surface area (Å²) >= 11 is 0. The normalized spacial score (nSPS) is 25.8. The minimum Gasteiger partial charge on any atom is -0.487 e. The lowest BCUT2D eigenvalue weighted by atomic mass is 9.96. The first-order valence-corrected chi connectivity index (χ1v) is 9.71. The van der Waals surface area contributed by atoms with Gasteiger partial charge < -0.3 is 15.0 Å². The van der Waals surface area contributed by atoms with Crippen LogP contribution in [0.15, 0.2) is 24.3 Å². The highest BCUT2D eigenvalue weighted by molar-refractivity contribution is 6.09. The van der Waals surface area contributed by atoms with Gasteiger partial charge in [0.25, 0.3) is 5.91 Å². The standard InChI is InChI=1S/C20H24FN3O4/c1-20(13-6-7-13)18(26)24(19(27)22-20)12-17(25)23-10-8-14(9-11-23)28-16-5-3-2-4-15(16)21/h2-5,13-14H,6-12H2,1H3,(H,22,27)/t20-/m0/s1. The second-order valence-corrected chi connectivity index (χ2v) is 7.93. The molecule has 4 rings (SSSR count). The number of amides is 4. The summed E-state index contributed by atoms with van der Waals surface area (Å²) in [5.74, 6) is -0.599. The quantitative estimate of drug-likeness (QED) is 0.781. The Hall–Kier alpha value is -2.64. The van der Waals surface area contributed by atoms with E-state index in [1.54, 1.807) is 30.0 Å². The van der Waals surface area contributed by atoms with Gasteiger partial charge >= 0.3 is 6.03 Å². The number of hydrogen-bond acceptors (Lipinski definition) is 4. The van der Waals surface area contributed by atoms with Gasteiger partial charge in [-0.3, -0.25) is 14.5 Å². The average Bonchev–Trinajstić information content (AvgIpc) is 3.50. The van der Waals surface area contributed by atoms with Crippen LogP contribution in [0.5, 0.6) is 5.75 Å². The fourth-order valence-corrected chi connectivity index (χ4v) is 3.97. The highest BCUT2D eigenvalue weighted by Crippen LogP contribution is 2.42. The molecule has 28 heavy (non-hydrogen) atoms. The van der Waals surface area contributed by atoms with E-state index in [2.05, 4.69) is 5.32 Å². The molecule has 2 aliphatic heterocycles. The minimum absolute atomic E-state index is 0.162. The van der Waals surface area contributed by atoms with E-state index in [1.807, 2.05) is 0 Å². The predicted molar refractivity (Wildman–Crippen MR) is 98.0 cm³/mol. The van der Waals surface area contributed by atoms with Gasteiger partial charge in [-0.2, -0.15) is 0 Å². The molecule has 1 saturated carbocycles. The van der Waals surface area contributed by atoms with E-state index in [1.165, 1.54) is 6.07 Å². The Labute approximate surface area is 162 Å². The first kappa shape index (κ1) is 18.7. The number of benzene rings is 1. The van der Waals surface area contributed by atoms with Crippen molar-refractivity contribution >= 4 is 17.8 Å². The highest BCUT2D eigenvalue weighted by Gasteiger charge is 2.56. The predicted octanol–water partition coefficient (Wildman–Crippen LogP) is 1.92. The summed E-state index contributed by atoms with van der Waals surface area (Å²) < 4.78 is 19.4. The molecule has 7 nitrogen and oxygen atoms in total. The van der Waals surface area contributed by atoms with Gasteiger partial charge in [0.2, 0.25) is 5.91 Å². The van der Waals surface area contributed by atoms with Crippen LogP contribution in [0, 0.1) is 11.7 Å². The van der Waals surface area contributed by atoms with Crippen LogP contribution in [-0.4, -0.2) is 58.9 Å². The number of nitrogens with one attached hydrogen (secondary N) is 1. The molecular weight excluding hydrogens is 365 g/mol. The molecule has 0 radical (unpaired) electrons. The average molecular weight is 389 g/mol. The van der Waals surface area contributed by atoms with Crippen LogP contribution >= 0.6 is 0 Å². The van der Waals surface area contributed by atoms with Crippen molar-refractivity contribution in [2.75, 3.05) is 19.6 Å². The molecule has 150 valence electrons. The Kier molecular flexibility index (Phi) is 4.72. The van der Waals surface area contributed by atoms with Crippen molar-refractivity contribution in [3.63, 3.8) is 0 Å². The van der Waals surface area contributed by atoms with Gasteiger partial charge in [-0.25, -0.2) is 9.18 Å². The van der Waals surface area contributed by atoms with Crippen molar-refractivity contribution < 1.29 is 23.5 Å². The van der Waals surface area contributed by atoms with Crippen molar-refractivity contribution in [3.8, 4) is 5.75 Å². The van der Waals surface area contributed by atoms with Gasteiger partial charge in [0.15, 0.2) is 11.6 Å². The third kappa shape index (κ3) is 3.43. The van der Waals surface area contributed by atoms with Gasteiger partial charge in [-0.05, 0) is 37.8 Å². The zero-order chi connectivity index (χ0) is 19.9. The van der Waals surface area contributed by atoms with Crippen LogP contribution < -0.4 is 10.1 Å². The minimum atomic E-state index is -0.877. The van der Waals surface area contributed by atoms with Crippen molar-refractivity contribution in [3.05, 3.63) is 30.1 Å². The number of likely N-dealkylation sites (tertiary alicyclic amines) is 1. The van der Waals surface area contributed by atoms with Crippen molar-refractivity contribution in [2.24, 2.45) is 5.92 Å². The summed E-state index contributed by atoms with van der Waals surface area (Å²) in [5, 5.41) is 2.75. The number of rotatable bonds is 5. The maximum absolute atomic E-state index is 13.7. The number of carbonyl (C=O) groups is 3. The molecular formula is C20H24FN3O4. The van der Waals surface area contributed by atoms with Crippen LogP contribution in [0.25, 0.3) is 0 Å². The molecule has 2 saturated heterocycles. The summed E-state index contributed by atoms with van der Waals surface area (Å²) in [5.41, 5.74) is -0.877. The summed E-state index contributed by atoms with van der Waals surface area (Å²) in [7, 11) is 0. The lowest BCUT2D eigenvalue weighted by Crippen LogP contribution is -2.49. The van der Waals surface area contributed by atoms with Crippen molar-refractivity contribution in [2.45, 2.75) is 44.2 Å². The number of urea groups is 1. The second-order valence-electron chi connectivity index (χ2n) is 7.93. The van der Waals surface area contributed by atoms with E-state index < -0.39 is 17.4 Å². The third-order valence-electron chi connectivity index (χ3n) is 5.91. The summed E-state index contributed by atoms with van der Waals surface area (Å²) in [4.78, 5) is 40.1. The Morgan fingerprint density at radius 2 is 1.89 bits per heavy atom. The Morgan fingerprint density at radius 3 is 2.54 bits per heavy atom. The molecule has 0 spiro atoms. The number of hydrogen-bond donors (Lipinski definition) is 1. The zero-order valence-corrected chi connectivity index (χ0v) is 15.8. The lowest BCUT2D eigenvalue weighted by Gasteiger charge is -2.33. The molecule has 3 aliphatic rings. The van der Waals surface area contributed by atoms with Gasteiger partial charge in [0, 0.05) is 25.9 Å².